The molecule has 2 rings (SSSR count). The van der Waals surface area contributed by atoms with Crippen LogP contribution in [0.1, 0.15) is 44.2 Å². The van der Waals surface area contributed by atoms with Crippen LogP contribution < -0.4 is 5.32 Å². The van der Waals surface area contributed by atoms with Crippen LogP contribution in [0.15, 0.2) is 30.3 Å². The molecule has 2 heteroatoms. The Labute approximate surface area is 111 Å². The summed E-state index contributed by atoms with van der Waals surface area (Å²) in [7, 11) is 1.78. The minimum absolute atomic E-state index is 0.312. The second-order valence-corrected chi connectivity index (χ2v) is 5.42. The number of ether oxygens (including phenoxy) is 1. The Hall–Kier alpha value is -0.860. The van der Waals surface area contributed by atoms with Crippen molar-refractivity contribution < 1.29 is 4.74 Å². The maximum atomic E-state index is 5.36. The van der Waals surface area contributed by atoms with E-state index >= 15 is 0 Å². The van der Waals surface area contributed by atoms with E-state index in [2.05, 4.69) is 42.6 Å². The van der Waals surface area contributed by atoms with Crippen LogP contribution in [0.3, 0.4) is 0 Å². The molecule has 1 aliphatic carbocycles. The number of nitrogens with one attached hydrogen (secondary N) is 1. The second-order valence-electron chi connectivity index (χ2n) is 5.42. The molecule has 100 valence electrons. The number of hydrogen-bond acceptors (Lipinski definition) is 2. The maximum absolute atomic E-state index is 5.36. The Morgan fingerprint density at radius 3 is 2.50 bits per heavy atom. The molecule has 0 aliphatic heterocycles. The standard InChI is InChI=1S/C16H25NO/c1-13(14-8-6-7-9-14)17-16(12-18-2)15-10-4-3-5-11-15/h3-5,10-11,13-14,16-17H,6-9,12H2,1-2H3. The van der Waals surface area contributed by atoms with E-state index in [1.54, 1.807) is 7.11 Å². The predicted molar refractivity (Wildman–Crippen MR) is 75.6 cm³/mol. The molecule has 1 N–H and O–H groups in total. The van der Waals surface area contributed by atoms with Crippen LogP contribution in [0.5, 0.6) is 0 Å². The molecular formula is C16H25NO. The van der Waals surface area contributed by atoms with E-state index in [-0.39, 0.29) is 0 Å². The Morgan fingerprint density at radius 2 is 1.89 bits per heavy atom. The van der Waals surface area contributed by atoms with E-state index in [4.69, 9.17) is 4.74 Å². The van der Waals surface area contributed by atoms with Gasteiger partial charge >= 0.3 is 0 Å². The van der Waals surface area contributed by atoms with Crippen molar-refractivity contribution in [3.8, 4) is 0 Å². The molecule has 0 bridgehead atoms. The molecular weight excluding hydrogens is 222 g/mol. The van der Waals surface area contributed by atoms with Gasteiger partial charge in [0, 0.05) is 13.2 Å². The summed E-state index contributed by atoms with van der Waals surface area (Å²) in [6.07, 6.45) is 5.55. The van der Waals surface area contributed by atoms with E-state index in [1.807, 2.05) is 0 Å². The fourth-order valence-corrected chi connectivity index (χ4v) is 3.00. The topological polar surface area (TPSA) is 21.3 Å². The van der Waals surface area contributed by atoms with Crippen LogP contribution in [-0.4, -0.2) is 19.8 Å². The summed E-state index contributed by atoms with van der Waals surface area (Å²) in [5.41, 5.74) is 1.32. The highest BCUT2D eigenvalue weighted by Gasteiger charge is 2.24. The van der Waals surface area contributed by atoms with Crippen LogP contribution in [0.2, 0.25) is 0 Å². The normalized spacial score (nSPS) is 19.9. The largest absolute Gasteiger partial charge is 0.383 e. The lowest BCUT2D eigenvalue weighted by Crippen LogP contribution is -2.37. The van der Waals surface area contributed by atoms with Crippen LogP contribution in [0.4, 0.5) is 0 Å². The molecule has 1 fully saturated rings. The highest BCUT2D eigenvalue weighted by Crippen LogP contribution is 2.28. The second kappa shape index (κ2) is 6.91. The third-order valence-corrected chi connectivity index (χ3v) is 4.11. The van der Waals surface area contributed by atoms with E-state index < -0.39 is 0 Å². The maximum Gasteiger partial charge on any atom is 0.0657 e. The van der Waals surface area contributed by atoms with Gasteiger partial charge in [-0.15, -0.1) is 0 Å². The van der Waals surface area contributed by atoms with Crippen molar-refractivity contribution in [1.29, 1.82) is 0 Å². The Bertz CT molecular complexity index is 332. The first-order valence-corrected chi connectivity index (χ1v) is 7.11. The fourth-order valence-electron chi connectivity index (χ4n) is 3.00. The fraction of sp³-hybridized carbons (Fsp3) is 0.625. The molecule has 0 aromatic heterocycles. The quantitative estimate of drug-likeness (QED) is 0.830. The van der Waals surface area contributed by atoms with E-state index in [0.29, 0.717) is 12.1 Å². The average Bonchev–Trinajstić information content (AvgIpc) is 2.93. The van der Waals surface area contributed by atoms with E-state index in [1.165, 1.54) is 31.2 Å². The van der Waals surface area contributed by atoms with E-state index in [9.17, 15) is 0 Å². The molecule has 1 aromatic rings. The highest BCUT2D eigenvalue weighted by molar-refractivity contribution is 5.19. The van der Waals surface area contributed by atoms with Crippen LogP contribution >= 0.6 is 0 Å². The van der Waals surface area contributed by atoms with Crippen molar-refractivity contribution in [2.75, 3.05) is 13.7 Å². The van der Waals surface area contributed by atoms with Crippen molar-refractivity contribution in [3.05, 3.63) is 35.9 Å². The van der Waals surface area contributed by atoms with Crippen molar-refractivity contribution in [1.82, 2.24) is 5.32 Å². The number of benzene rings is 1. The monoisotopic (exact) mass is 247 g/mol. The first kappa shape index (κ1) is 13.6. The van der Waals surface area contributed by atoms with Crippen molar-refractivity contribution in [2.45, 2.75) is 44.7 Å². The number of rotatable bonds is 6. The first-order valence-electron chi connectivity index (χ1n) is 7.11. The summed E-state index contributed by atoms with van der Waals surface area (Å²) in [6.45, 7) is 3.06. The van der Waals surface area contributed by atoms with Crippen LogP contribution in [0.25, 0.3) is 0 Å². The summed E-state index contributed by atoms with van der Waals surface area (Å²) in [5.74, 6) is 0.841. The molecule has 2 nitrogen and oxygen atoms in total. The first-order chi connectivity index (χ1) is 8.81. The van der Waals surface area contributed by atoms with Gasteiger partial charge in [-0.3, -0.25) is 0 Å². The predicted octanol–water partition coefficient (Wildman–Crippen LogP) is 3.54. The lowest BCUT2D eigenvalue weighted by atomic mass is 9.97. The van der Waals surface area contributed by atoms with Gasteiger partial charge in [0.2, 0.25) is 0 Å². The molecule has 1 aliphatic rings. The SMILES string of the molecule is COCC(NC(C)C1CCCC1)c1ccccc1. The Kier molecular flexibility index (Phi) is 5.21. The molecule has 2 atom stereocenters. The summed E-state index contributed by atoms with van der Waals surface area (Å²) in [4.78, 5) is 0. The van der Waals surface area contributed by atoms with Gasteiger partial charge in [-0.1, -0.05) is 43.2 Å². The summed E-state index contributed by atoms with van der Waals surface area (Å²) < 4.78 is 5.36. The zero-order valence-electron chi connectivity index (χ0n) is 11.6. The van der Waals surface area contributed by atoms with Crippen molar-refractivity contribution >= 4 is 0 Å². The molecule has 1 aromatic carbocycles. The molecule has 2 unspecified atom stereocenters. The zero-order valence-corrected chi connectivity index (χ0v) is 11.6. The number of hydrogen-bond donors (Lipinski definition) is 1. The van der Waals surface area contributed by atoms with Gasteiger partial charge in [0.05, 0.1) is 12.6 Å². The van der Waals surface area contributed by atoms with Gasteiger partial charge in [0.25, 0.3) is 0 Å². The summed E-state index contributed by atoms with van der Waals surface area (Å²) >= 11 is 0. The van der Waals surface area contributed by atoms with Gasteiger partial charge in [0.1, 0.15) is 0 Å². The van der Waals surface area contributed by atoms with Gasteiger partial charge in [-0.05, 0) is 31.2 Å². The van der Waals surface area contributed by atoms with E-state index in [0.717, 1.165) is 12.5 Å². The smallest absolute Gasteiger partial charge is 0.0657 e. The van der Waals surface area contributed by atoms with Gasteiger partial charge < -0.3 is 10.1 Å². The lowest BCUT2D eigenvalue weighted by Gasteiger charge is -2.27. The molecule has 0 heterocycles. The van der Waals surface area contributed by atoms with Crippen molar-refractivity contribution in [2.24, 2.45) is 5.92 Å². The third kappa shape index (κ3) is 3.56. The van der Waals surface area contributed by atoms with Crippen molar-refractivity contribution in [3.63, 3.8) is 0 Å². The zero-order chi connectivity index (χ0) is 12.8. The Morgan fingerprint density at radius 1 is 1.22 bits per heavy atom. The molecule has 0 spiro atoms. The molecule has 0 amide bonds. The molecule has 1 saturated carbocycles. The summed E-state index contributed by atoms with van der Waals surface area (Å²) in [6, 6.07) is 11.5. The minimum Gasteiger partial charge on any atom is -0.383 e. The molecule has 18 heavy (non-hydrogen) atoms. The highest BCUT2D eigenvalue weighted by atomic mass is 16.5. The minimum atomic E-state index is 0.312. The molecule has 0 radical (unpaired) electrons. The van der Waals surface area contributed by atoms with Crippen LogP contribution in [-0.2, 0) is 4.74 Å². The Balaban J connectivity index is 1.97. The van der Waals surface area contributed by atoms with Crippen LogP contribution in [0, 0.1) is 5.92 Å². The van der Waals surface area contributed by atoms with Gasteiger partial charge in [-0.2, -0.15) is 0 Å². The number of methoxy groups -OCH3 is 1. The summed E-state index contributed by atoms with van der Waals surface area (Å²) in [5, 5.41) is 3.75. The average molecular weight is 247 g/mol. The molecule has 0 saturated heterocycles. The third-order valence-electron chi connectivity index (χ3n) is 4.11. The van der Waals surface area contributed by atoms with Gasteiger partial charge in [-0.25, -0.2) is 0 Å². The lowest BCUT2D eigenvalue weighted by molar-refractivity contribution is 0.156. The van der Waals surface area contributed by atoms with Gasteiger partial charge in [0.15, 0.2) is 0 Å².